The fourth-order valence-corrected chi connectivity index (χ4v) is 3.46. The number of rotatable bonds is 8. The van der Waals surface area contributed by atoms with Crippen molar-refractivity contribution in [2.45, 2.75) is 20.6 Å². The number of hydrogen-bond donors (Lipinski definition) is 1. The van der Waals surface area contributed by atoms with Crippen LogP contribution in [0.2, 0.25) is 5.02 Å². The highest BCUT2D eigenvalue weighted by Crippen LogP contribution is 2.23. The zero-order valence-electron chi connectivity index (χ0n) is 18.6. The second-order valence-corrected chi connectivity index (χ2v) is 7.69. The summed E-state index contributed by atoms with van der Waals surface area (Å²) in [5, 5.41) is 11.9. The number of anilines is 1. The third kappa shape index (κ3) is 5.10. The van der Waals surface area contributed by atoms with Crippen LogP contribution in [0.25, 0.3) is 5.69 Å². The predicted octanol–water partition coefficient (Wildman–Crippen LogP) is 4.50. The van der Waals surface area contributed by atoms with E-state index in [4.69, 9.17) is 21.1 Å². The topological polar surface area (TPSA) is 100 Å². The lowest BCUT2D eigenvalue weighted by Gasteiger charge is -2.10. The minimum atomic E-state index is -0.586. The number of carbonyl (C=O) groups excluding carboxylic acids is 2. The normalized spacial score (nSPS) is 10.7. The number of esters is 1. The van der Waals surface area contributed by atoms with Crippen molar-refractivity contribution in [3.63, 3.8) is 0 Å². The van der Waals surface area contributed by atoms with Crippen LogP contribution in [-0.2, 0) is 11.5 Å². The molecular weight excluding hydrogens is 458 g/mol. The van der Waals surface area contributed by atoms with Gasteiger partial charge in [-0.1, -0.05) is 29.8 Å². The molecule has 1 amide bonds. The molecule has 34 heavy (non-hydrogen) atoms. The number of hydrogen-bond acceptors (Lipinski definition) is 6. The molecule has 2 aromatic heterocycles. The van der Waals surface area contributed by atoms with E-state index in [2.05, 4.69) is 15.5 Å². The molecule has 1 N–H and O–H groups in total. The Morgan fingerprint density at radius 1 is 1.12 bits per heavy atom. The van der Waals surface area contributed by atoms with Crippen molar-refractivity contribution in [2.75, 3.05) is 11.9 Å². The van der Waals surface area contributed by atoms with Crippen LogP contribution in [0.15, 0.2) is 67.0 Å². The molecule has 0 aliphatic carbocycles. The molecule has 0 unspecified atom stereocenters. The Hall–Kier alpha value is -4.11. The van der Waals surface area contributed by atoms with Gasteiger partial charge in [-0.15, -0.1) is 0 Å². The van der Waals surface area contributed by atoms with Gasteiger partial charge in [0, 0.05) is 11.2 Å². The molecule has 4 rings (SSSR count). The lowest BCUT2D eigenvalue weighted by atomic mass is 10.2. The molecular formula is C24H22ClN5O4. The maximum atomic E-state index is 13.0. The highest BCUT2D eigenvalue weighted by atomic mass is 35.5. The van der Waals surface area contributed by atoms with Crippen LogP contribution >= 0.6 is 11.6 Å². The van der Waals surface area contributed by atoms with Gasteiger partial charge in [0.2, 0.25) is 0 Å². The first-order valence-electron chi connectivity index (χ1n) is 10.5. The van der Waals surface area contributed by atoms with E-state index in [1.807, 2.05) is 37.3 Å². The number of amides is 1. The van der Waals surface area contributed by atoms with Crippen molar-refractivity contribution >= 4 is 29.3 Å². The van der Waals surface area contributed by atoms with E-state index in [-0.39, 0.29) is 30.4 Å². The first-order chi connectivity index (χ1) is 16.5. The number of halogens is 1. The van der Waals surface area contributed by atoms with Crippen molar-refractivity contribution < 1.29 is 19.1 Å². The van der Waals surface area contributed by atoms with E-state index in [1.165, 1.54) is 15.6 Å². The standard InChI is InChI=1S/C24H22ClN5O4/c1-3-33-24(32)19-14-26-30(18-7-5-4-6-8-18)22(19)27-23(31)20-11-12-29(28-20)15-34-21-10-9-17(25)13-16(21)2/h4-14H,3,15H2,1-2H3,(H,27,31). The molecule has 2 aromatic carbocycles. The Morgan fingerprint density at radius 3 is 2.65 bits per heavy atom. The lowest BCUT2D eigenvalue weighted by Crippen LogP contribution is -2.19. The summed E-state index contributed by atoms with van der Waals surface area (Å²) >= 11 is 5.98. The average Bonchev–Trinajstić information content (AvgIpc) is 3.47. The van der Waals surface area contributed by atoms with Gasteiger partial charge in [0.15, 0.2) is 18.2 Å². The number of nitrogens with one attached hydrogen (secondary N) is 1. The first kappa shape index (κ1) is 23.1. The Morgan fingerprint density at radius 2 is 1.91 bits per heavy atom. The SMILES string of the molecule is CCOC(=O)c1cnn(-c2ccccc2)c1NC(=O)c1ccn(COc2ccc(Cl)cc2C)n1. The summed E-state index contributed by atoms with van der Waals surface area (Å²) in [7, 11) is 0. The third-order valence-corrected chi connectivity index (χ3v) is 5.09. The fraction of sp³-hybridized carbons (Fsp3) is 0.167. The Kier molecular flexibility index (Phi) is 6.93. The van der Waals surface area contributed by atoms with E-state index >= 15 is 0 Å². The fourth-order valence-electron chi connectivity index (χ4n) is 3.23. The van der Waals surface area contributed by atoms with Crippen LogP contribution < -0.4 is 10.1 Å². The highest BCUT2D eigenvalue weighted by Gasteiger charge is 2.23. The molecule has 0 bridgehead atoms. The second kappa shape index (κ2) is 10.2. The maximum absolute atomic E-state index is 13.0. The largest absolute Gasteiger partial charge is 0.471 e. The number of nitrogens with zero attached hydrogens (tertiary/aromatic N) is 4. The minimum absolute atomic E-state index is 0.103. The van der Waals surface area contributed by atoms with E-state index in [9.17, 15) is 9.59 Å². The number of benzene rings is 2. The van der Waals surface area contributed by atoms with Crippen molar-refractivity contribution in [2.24, 2.45) is 0 Å². The molecule has 174 valence electrons. The summed E-state index contributed by atoms with van der Waals surface area (Å²) in [6, 6.07) is 16.0. The molecule has 0 aliphatic heterocycles. The third-order valence-electron chi connectivity index (χ3n) is 4.86. The molecule has 10 heteroatoms. The quantitative estimate of drug-likeness (QED) is 0.373. The van der Waals surface area contributed by atoms with Crippen LogP contribution in [-0.4, -0.2) is 38.0 Å². The average molecular weight is 480 g/mol. The summed E-state index contributed by atoms with van der Waals surface area (Å²) in [5.74, 6) is -0.240. The molecule has 0 aliphatic rings. The maximum Gasteiger partial charge on any atom is 0.343 e. The highest BCUT2D eigenvalue weighted by molar-refractivity contribution is 6.30. The molecule has 0 saturated heterocycles. The van der Waals surface area contributed by atoms with Gasteiger partial charge in [0.25, 0.3) is 5.91 Å². The molecule has 0 atom stereocenters. The summed E-state index contributed by atoms with van der Waals surface area (Å²) in [4.78, 5) is 25.4. The van der Waals surface area contributed by atoms with Crippen molar-refractivity contribution in [3.05, 3.63) is 88.8 Å². The monoisotopic (exact) mass is 479 g/mol. The van der Waals surface area contributed by atoms with E-state index < -0.39 is 11.9 Å². The van der Waals surface area contributed by atoms with Gasteiger partial charge in [0.1, 0.15) is 11.3 Å². The van der Waals surface area contributed by atoms with E-state index in [1.54, 1.807) is 37.4 Å². The number of aryl methyl sites for hydroxylation is 1. The van der Waals surface area contributed by atoms with Crippen molar-refractivity contribution in [1.29, 1.82) is 0 Å². The summed E-state index contributed by atoms with van der Waals surface area (Å²) in [6.45, 7) is 3.89. The zero-order valence-corrected chi connectivity index (χ0v) is 19.3. The zero-order chi connectivity index (χ0) is 24.1. The van der Waals surface area contributed by atoms with Crippen LogP contribution in [0.3, 0.4) is 0 Å². The van der Waals surface area contributed by atoms with Gasteiger partial charge in [-0.25, -0.2) is 14.2 Å². The van der Waals surface area contributed by atoms with Gasteiger partial charge in [0.05, 0.1) is 18.5 Å². The van der Waals surface area contributed by atoms with Gasteiger partial charge in [-0.05, 0) is 55.8 Å². The summed E-state index contributed by atoms with van der Waals surface area (Å²) in [6.07, 6.45) is 2.99. The van der Waals surface area contributed by atoms with Crippen LogP contribution in [0.1, 0.15) is 33.3 Å². The van der Waals surface area contributed by atoms with Crippen molar-refractivity contribution in [3.8, 4) is 11.4 Å². The minimum Gasteiger partial charge on any atom is -0.471 e. The Labute approximate surface area is 200 Å². The number of aromatic nitrogens is 4. The number of para-hydroxylation sites is 1. The van der Waals surface area contributed by atoms with E-state index in [0.717, 1.165) is 5.56 Å². The number of carbonyl (C=O) groups is 2. The molecule has 0 spiro atoms. The van der Waals surface area contributed by atoms with Gasteiger partial charge in [-0.3, -0.25) is 4.79 Å². The molecule has 2 heterocycles. The van der Waals surface area contributed by atoms with Crippen molar-refractivity contribution in [1.82, 2.24) is 19.6 Å². The molecule has 4 aromatic rings. The summed E-state index contributed by atoms with van der Waals surface area (Å²) < 4.78 is 13.8. The molecule has 0 saturated carbocycles. The van der Waals surface area contributed by atoms with Crippen LogP contribution in [0.5, 0.6) is 5.75 Å². The smallest absolute Gasteiger partial charge is 0.343 e. The van der Waals surface area contributed by atoms with Gasteiger partial charge < -0.3 is 14.8 Å². The first-order valence-corrected chi connectivity index (χ1v) is 10.9. The lowest BCUT2D eigenvalue weighted by molar-refractivity contribution is 0.0527. The molecule has 9 nitrogen and oxygen atoms in total. The second-order valence-electron chi connectivity index (χ2n) is 7.25. The molecule has 0 radical (unpaired) electrons. The Balaban J connectivity index is 1.53. The van der Waals surface area contributed by atoms with Gasteiger partial charge in [-0.2, -0.15) is 10.2 Å². The summed E-state index contributed by atoms with van der Waals surface area (Å²) in [5.41, 5.74) is 1.84. The Bertz CT molecular complexity index is 1320. The predicted molar refractivity (Wildman–Crippen MR) is 127 cm³/mol. The van der Waals surface area contributed by atoms with Crippen LogP contribution in [0, 0.1) is 6.92 Å². The van der Waals surface area contributed by atoms with Crippen LogP contribution in [0.4, 0.5) is 5.82 Å². The molecule has 0 fully saturated rings. The number of ether oxygens (including phenoxy) is 2. The van der Waals surface area contributed by atoms with E-state index in [0.29, 0.717) is 16.5 Å². The van der Waals surface area contributed by atoms with Gasteiger partial charge >= 0.3 is 5.97 Å².